The van der Waals surface area contributed by atoms with Crippen molar-refractivity contribution in [3.8, 4) is 0 Å². The molecule has 0 aliphatic carbocycles. The average Bonchev–Trinajstić information content (AvgIpc) is 2.03. The number of hydrogen-bond donors (Lipinski definition) is 0. The Labute approximate surface area is 70.9 Å². The van der Waals surface area contributed by atoms with Gasteiger partial charge in [0.25, 0.3) is 0 Å². The summed E-state index contributed by atoms with van der Waals surface area (Å²) in [6.45, 7) is 8.96. The van der Waals surface area contributed by atoms with Gasteiger partial charge in [0.1, 0.15) is 0 Å². The van der Waals surface area contributed by atoms with Crippen molar-refractivity contribution in [1.29, 1.82) is 0 Å². The molecular formula is C10H21N. The summed E-state index contributed by atoms with van der Waals surface area (Å²) in [5.41, 5.74) is 0. The molecular weight excluding hydrogens is 134 g/mol. The van der Waals surface area contributed by atoms with Crippen LogP contribution in [0.3, 0.4) is 0 Å². The van der Waals surface area contributed by atoms with E-state index in [0.29, 0.717) is 0 Å². The SMILES string of the molecule is C=NCCCC(CC)CCC. The minimum Gasteiger partial charge on any atom is -0.301 e. The third kappa shape index (κ3) is 6.08. The molecule has 0 radical (unpaired) electrons. The molecule has 1 nitrogen and oxygen atoms in total. The van der Waals surface area contributed by atoms with E-state index < -0.39 is 0 Å². The molecule has 1 heteroatoms. The van der Waals surface area contributed by atoms with Gasteiger partial charge in [-0.25, -0.2) is 0 Å². The van der Waals surface area contributed by atoms with Crippen molar-refractivity contribution in [2.45, 2.75) is 46.0 Å². The first-order valence-electron chi connectivity index (χ1n) is 4.77. The lowest BCUT2D eigenvalue weighted by molar-refractivity contribution is 0.422. The summed E-state index contributed by atoms with van der Waals surface area (Å²) in [4.78, 5) is 3.85. The quantitative estimate of drug-likeness (QED) is 0.395. The van der Waals surface area contributed by atoms with Crippen molar-refractivity contribution in [3.05, 3.63) is 0 Å². The van der Waals surface area contributed by atoms with Crippen LogP contribution < -0.4 is 0 Å². The Hall–Kier alpha value is -0.330. The maximum Gasteiger partial charge on any atom is 0.0382 e. The zero-order chi connectivity index (χ0) is 8.53. The second-order valence-electron chi connectivity index (χ2n) is 3.15. The van der Waals surface area contributed by atoms with Gasteiger partial charge in [0.15, 0.2) is 0 Å². The Balaban J connectivity index is 3.27. The van der Waals surface area contributed by atoms with Gasteiger partial charge in [0, 0.05) is 6.54 Å². The second-order valence-corrected chi connectivity index (χ2v) is 3.15. The highest BCUT2D eigenvalue weighted by Crippen LogP contribution is 2.16. The molecule has 1 unspecified atom stereocenters. The van der Waals surface area contributed by atoms with E-state index in [1.54, 1.807) is 0 Å². The maximum atomic E-state index is 3.85. The van der Waals surface area contributed by atoms with Crippen LogP contribution in [0.4, 0.5) is 0 Å². The van der Waals surface area contributed by atoms with E-state index in [2.05, 4.69) is 25.6 Å². The highest BCUT2D eigenvalue weighted by atomic mass is 14.7. The zero-order valence-corrected chi connectivity index (χ0v) is 7.97. The summed E-state index contributed by atoms with van der Waals surface area (Å²) in [6.07, 6.45) is 6.59. The third-order valence-corrected chi connectivity index (χ3v) is 2.20. The molecule has 0 N–H and O–H groups in total. The molecule has 0 aromatic rings. The van der Waals surface area contributed by atoms with Gasteiger partial charge in [-0.05, 0) is 25.5 Å². The molecule has 0 heterocycles. The largest absolute Gasteiger partial charge is 0.301 e. The molecule has 0 bridgehead atoms. The predicted octanol–water partition coefficient (Wildman–Crippen LogP) is 3.29. The molecule has 0 aromatic carbocycles. The molecule has 1 atom stereocenters. The van der Waals surface area contributed by atoms with Gasteiger partial charge in [-0.15, -0.1) is 0 Å². The Morgan fingerprint density at radius 1 is 1.27 bits per heavy atom. The van der Waals surface area contributed by atoms with E-state index in [-0.39, 0.29) is 0 Å². The summed E-state index contributed by atoms with van der Waals surface area (Å²) in [5, 5.41) is 0. The first-order valence-corrected chi connectivity index (χ1v) is 4.77. The Morgan fingerprint density at radius 2 is 2.00 bits per heavy atom. The fraction of sp³-hybridized carbons (Fsp3) is 0.900. The van der Waals surface area contributed by atoms with Crippen LogP contribution in [-0.2, 0) is 0 Å². The Kier molecular flexibility index (Phi) is 7.54. The van der Waals surface area contributed by atoms with Crippen LogP contribution in [0, 0.1) is 5.92 Å². The minimum atomic E-state index is 0.932. The summed E-state index contributed by atoms with van der Waals surface area (Å²) in [6, 6.07) is 0. The number of aliphatic imine (C=N–C) groups is 1. The molecule has 0 rings (SSSR count). The average molecular weight is 155 g/mol. The van der Waals surface area contributed by atoms with Crippen molar-refractivity contribution < 1.29 is 0 Å². The summed E-state index contributed by atoms with van der Waals surface area (Å²) in [7, 11) is 0. The van der Waals surface area contributed by atoms with Crippen molar-refractivity contribution >= 4 is 6.72 Å². The molecule has 0 aromatic heterocycles. The standard InChI is InChI=1S/C10H21N/c1-4-7-10(5-2)8-6-9-11-3/h10H,3-9H2,1-2H3. The van der Waals surface area contributed by atoms with Crippen molar-refractivity contribution in [2.24, 2.45) is 10.9 Å². The van der Waals surface area contributed by atoms with Crippen LogP contribution in [0.25, 0.3) is 0 Å². The zero-order valence-electron chi connectivity index (χ0n) is 7.97. The van der Waals surface area contributed by atoms with Gasteiger partial charge in [-0.1, -0.05) is 33.1 Å². The van der Waals surface area contributed by atoms with E-state index in [1.807, 2.05) is 0 Å². The fourth-order valence-electron chi connectivity index (χ4n) is 1.45. The highest BCUT2D eigenvalue weighted by Gasteiger charge is 2.03. The van der Waals surface area contributed by atoms with Crippen LogP contribution in [0.2, 0.25) is 0 Å². The van der Waals surface area contributed by atoms with Crippen molar-refractivity contribution in [2.75, 3.05) is 6.54 Å². The third-order valence-electron chi connectivity index (χ3n) is 2.20. The van der Waals surface area contributed by atoms with E-state index in [1.165, 1.54) is 32.1 Å². The normalized spacial score (nSPS) is 12.9. The molecule has 0 saturated carbocycles. The van der Waals surface area contributed by atoms with Gasteiger partial charge >= 0.3 is 0 Å². The van der Waals surface area contributed by atoms with Gasteiger partial charge in [0.2, 0.25) is 0 Å². The number of nitrogens with zero attached hydrogens (tertiary/aromatic N) is 1. The molecule has 0 aliphatic rings. The molecule has 0 amide bonds. The van der Waals surface area contributed by atoms with Crippen LogP contribution >= 0.6 is 0 Å². The molecule has 0 spiro atoms. The summed E-state index contributed by atoms with van der Waals surface area (Å²) >= 11 is 0. The van der Waals surface area contributed by atoms with Crippen LogP contribution in [0.5, 0.6) is 0 Å². The number of rotatable bonds is 7. The first kappa shape index (κ1) is 10.7. The minimum absolute atomic E-state index is 0.932. The van der Waals surface area contributed by atoms with E-state index in [9.17, 15) is 0 Å². The lowest BCUT2D eigenvalue weighted by Crippen LogP contribution is -1.98. The first-order chi connectivity index (χ1) is 5.35. The fourth-order valence-corrected chi connectivity index (χ4v) is 1.45. The summed E-state index contributed by atoms with van der Waals surface area (Å²) in [5.74, 6) is 0.932. The van der Waals surface area contributed by atoms with E-state index in [0.717, 1.165) is 12.5 Å². The van der Waals surface area contributed by atoms with Crippen molar-refractivity contribution in [3.63, 3.8) is 0 Å². The maximum absolute atomic E-state index is 3.85. The second kappa shape index (κ2) is 7.77. The monoisotopic (exact) mass is 155 g/mol. The molecule has 66 valence electrons. The number of hydrogen-bond acceptors (Lipinski definition) is 1. The van der Waals surface area contributed by atoms with Gasteiger partial charge in [0.05, 0.1) is 0 Å². The van der Waals surface area contributed by atoms with Gasteiger partial charge in [-0.3, -0.25) is 0 Å². The van der Waals surface area contributed by atoms with Crippen LogP contribution in [0.1, 0.15) is 46.0 Å². The smallest absolute Gasteiger partial charge is 0.0382 e. The molecule has 0 aliphatic heterocycles. The lowest BCUT2D eigenvalue weighted by atomic mass is 9.95. The topological polar surface area (TPSA) is 12.4 Å². The molecule has 0 fully saturated rings. The Morgan fingerprint density at radius 3 is 2.45 bits per heavy atom. The molecule has 0 saturated heterocycles. The van der Waals surface area contributed by atoms with E-state index in [4.69, 9.17) is 0 Å². The van der Waals surface area contributed by atoms with Gasteiger partial charge < -0.3 is 4.99 Å². The molecule has 11 heavy (non-hydrogen) atoms. The van der Waals surface area contributed by atoms with Crippen molar-refractivity contribution in [1.82, 2.24) is 0 Å². The lowest BCUT2D eigenvalue weighted by Gasteiger charge is -2.11. The van der Waals surface area contributed by atoms with Crippen LogP contribution in [0.15, 0.2) is 4.99 Å². The van der Waals surface area contributed by atoms with Gasteiger partial charge in [-0.2, -0.15) is 0 Å². The summed E-state index contributed by atoms with van der Waals surface area (Å²) < 4.78 is 0. The van der Waals surface area contributed by atoms with E-state index >= 15 is 0 Å². The highest BCUT2D eigenvalue weighted by molar-refractivity contribution is 5.22. The predicted molar refractivity (Wildman–Crippen MR) is 52.3 cm³/mol. The van der Waals surface area contributed by atoms with Crippen LogP contribution in [-0.4, -0.2) is 13.3 Å². The Bertz CT molecular complexity index is 88.9.